The number of nitrogens with one attached hydrogen (secondary N) is 3. The standard InChI is InChI=1S/C20H21BrN4O3/c1-11-8-14(21)4-6-17(11)25-19(27)10-23-18(26)7-5-15-12(2)16(9-22)20(28)24-13(15)3/h4,6,8H,5,7,10H2,1-3H3,(H,23,26)(H,24,28)(H,25,27). The van der Waals surface area contributed by atoms with Gasteiger partial charge in [-0.15, -0.1) is 0 Å². The number of aryl methyl sites for hydroxylation is 2. The Morgan fingerprint density at radius 1 is 1.21 bits per heavy atom. The van der Waals surface area contributed by atoms with E-state index in [9.17, 15) is 14.4 Å². The fraction of sp³-hybridized carbons (Fsp3) is 0.300. The van der Waals surface area contributed by atoms with E-state index in [1.165, 1.54) is 0 Å². The van der Waals surface area contributed by atoms with Crippen molar-refractivity contribution in [1.82, 2.24) is 10.3 Å². The van der Waals surface area contributed by atoms with Crippen molar-refractivity contribution in [2.75, 3.05) is 11.9 Å². The highest BCUT2D eigenvalue weighted by atomic mass is 79.9. The van der Waals surface area contributed by atoms with Crippen molar-refractivity contribution in [1.29, 1.82) is 5.26 Å². The topological polar surface area (TPSA) is 115 Å². The van der Waals surface area contributed by atoms with E-state index >= 15 is 0 Å². The van der Waals surface area contributed by atoms with E-state index in [4.69, 9.17) is 5.26 Å². The molecule has 8 heteroatoms. The van der Waals surface area contributed by atoms with Crippen LogP contribution in [0.15, 0.2) is 27.5 Å². The van der Waals surface area contributed by atoms with Crippen molar-refractivity contribution in [2.24, 2.45) is 0 Å². The summed E-state index contributed by atoms with van der Waals surface area (Å²) in [7, 11) is 0. The molecule has 2 rings (SSSR count). The van der Waals surface area contributed by atoms with Crippen LogP contribution in [0.2, 0.25) is 0 Å². The van der Waals surface area contributed by atoms with Gasteiger partial charge in [-0.2, -0.15) is 5.26 Å². The van der Waals surface area contributed by atoms with Crippen LogP contribution in [0.4, 0.5) is 5.69 Å². The Balaban J connectivity index is 1.91. The molecule has 0 aliphatic heterocycles. The van der Waals surface area contributed by atoms with Gasteiger partial charge in [0.25, 0.3) is 5.56 Å². The number of nitrogens with zero attached hydrogens (tertiary/aromatic N) is 1. The second kappa shape index (κ2) is 9.33. The van der Waals surface area contributed by atoms with Crippen molar-refractivity contribution in [3.63, 3.8) is 0 Å². The largest absolute Gasteiger partial charge is 0.347 e. The highest BCUT2D eigenvalue weighted by Gasteiger charge is 2.14. The summed E-state index contributed by atoms with van der Waals surface area (Å²) in [6.07, 6.45) is 0.506. The number of aromatic nitrogens is 1. The van der Waals surface area contributed by atoms with Crippen LogP contribution in [0.25, 0.3) is 0 Å². The number of benzene rings is 1. The number of hydrogen-bond acceptors (Lipinski definition) is 4. The van der Waals surface area contributed by atoms with Gasteiger partial charge in [0.05, 0.1) is 6.54 Å². The highest BCUT2D eigenvalue weighted by Crippen LogP contribution is 2.19. The first-order valence-corrected chi connectivity index (χ1v) is 9.47. The van der Waals surface area contributed by atoms with E-state index in [2.05, 4.69) is 31.5 Å². The molecule has 0 saturated carbocycles. The summed E-state index contributed by atoms with van der Waals surface area (Å²) in [6.45, 7) is 5.17. The minimum Gasteiger partial charge on any atom is -0.347 e. The maximum atomic E-state index is 12.1. The van der Waals surface area contributed by atoms with Gasteiger partial charge in [0.15, 0.2) is 0 Å². The summed E-state index contributed by atoms with van der Waals surface area (Å²) in [5.74, 6) is -0.604. The summed E-state index contributed by atoms with van der Waals surface area (Å²) >= 11 is 3.36. The van der Waals surface area contributed by atoms with Gasteiger partial charge in [-0.05, 0) is 62.1 Å². The summed E-state index contributed by atoms with van der Waals surface area (Å²) in [5, 5.41) is 14.4. The van der Waals surface area contributed by atoms with Crippen LogP contribution in [0.5, 0.6) is 0 Å². The van der Waals surface area contributed by atoms with E-state index in [-0.39, 0.29) is 30.3 Å². The molecule has 0 fully saturated rings. The molecule has 0 atom stereocenters. The molecule has 0 bridgehead atoms. The van der Waals surface area contributed by atoms with Crippen molar-refractivity contribution < 1.29 is 9.59 Å². The van der Waals surface area contributed by atoms with Gasteiger partial charge < -0.3 is 15.6 Å². The number of nitriles is 1. The van der Waals surface area contributed by atoms with E-state index < -0.39 is 5.56 Å². The number of aromatic amines is 1. The SMILES string of the molecule is Cc1cc(Br)ccc1NC(=O)CNC(=O)CCc1c(C)[nH]c(=O)c(C#N)c1C. The van der Waals surface area contributed by atoms with Crippen LogP contribution in [0.3, 0.4) is 0 Å². The lowest BCUT2D eigenvalue weighted by molar-refractivity contribution is -0.124. The molecular formula is C20H21BrN4O3. The minimum atomic E-state index is -0.425. The average molecular weight is 445 g/mol. The Bertz CT molecular complexity index is 1020. The van der Waals surface area contributed by atoms with Crippen molar-refractivity contribution in [3.8, 4) is 6.07 Å². The number of carbonyl (C=O) groups excluding carboxylic acids is 2. The molecule has 2 aromatic rings. The normalized spacial score (nSPS) is 10.2. The Hall–Kier alpha value is -2.92. The molecule has 146 valence electrons. The van der Waals surface area contributed by atoms with Crippen LogP contribution in [0, 0.1) is 32.1 Å². The number of halogens is 1. The molecule has 1 aromatic carbocycles. The lowest BCUT2D eigenvalue weighted by atomic mass is 9.99. The second-order valence-electron chi connectivity index (χ2n) is 6.45. The first kappa shape index (κ1) is 21.4. The third-order valence-corrected chi connectivity index (χ3v) is 4.92. The Morgan fingerprint density at radius 3 is 2.57 bits per heavy atom. The molecule has 7 nitrogen and oxygen atoms in total. The molecule has 0 radical (unpaired) electrons. The number of pyridine rings is 1. The quantitative estimate of drug-likeness (QED) is 0.634. The molecule has 3 N–H and O–H groups in total. The van der Waals surface area contributed by atoms with Gasteiger partial charge in [0, 0.05) is 22.3 Å². The summed E-state index contributed by atoms with van der Waals surface area (Å²) in [6, 6.07) is 7.39. The molecule has 1 heterocycles. The van der Waals surface area contributed by atoms with E-state index in [1.807, 2.05) is 25.1 Å². The minimum absolute atomic E-state index is 0.0604. The zero-order valence-corrected chi connectivity index (χ0v) is 17.5. The van der Waals surface area contributed by atoms with Crippen molar-refractivity contribution >= 4 is 33.4 Å². The van der Waals surface area contributed by atoms with E-state index in [0.29, 0.717) is 23.4 Å². The van der Waals surface area contributed by atoms with Gasteiger partial charge in [0.2, 0.25) is 11.8 Å². The maximum absolute atomic E-state index is 12.1. The predicted molar refractivity (Wildman–Crippen MR) is 110 cm³/mol. The molecule has 2 amide bonds. The fourth-order valence-electron chi connectivity index (χ4n) is 2.89. The zero-order valence-electron chi connectivity index (χ0n) is 15.9. The predicted octanol–water partition coefficient (Wildman–Crippen LogP) is 2.62. The molecule has 0 spiro atoms. The number of amides is 2. The first-order chi connectivity index (χ1) is 13.2. The number of carbonyl (C=O) groups is 2. The van der Waals surface area contributed by atoms with Crippen molar-refractivity contribution in [2.45, 2.75) is 33.6 Å². The smallest absolute Gasteiger partial charge is 0.266 e. The molecule has 28 heavy (non-hydrogen) atoms. The van der Waals surface area contributed by atoms with Gasteiger partial charge in [0.1, 0.15) is 11.6 Å². The molecular weight excluding hydrogens is 424 g/mol. The summed E-state index contributed by atoms with van der Waals surface area (Å²) in [4.78, 5) is 38.5. The zero-order chi connectivity index (χ0) is 20.8. The third kappa shape index (κ3) is 5.30. The monoisotopic (exact) mass is 444 g/mol. The molecule has 0 aliphatic carbocycles. The van der Waals surface area contributed by atoms with Crippen LogP contribution < -0.4 is 16.2 Å². The third-order valence-electron chi connectivity index (χ3n) is 4.43. The lowest BCUT2D eigenvalue weighted by Gasteiger charge is -2.12. The fourth-order valence-corrected chi connectivity index (χ4v) is 3.36. The lowest BCUT2D eigenvalue weighted by Crippen LogP contribution is -2.33. The summed E-state index contributed by atoms with van der Waals surface area (Å²) in [5.41, 5.74) is 3.22. The van der Waals surface area contributed by atoms with Gasteiger partial charge in [-0.25, -0.2) is 0 Å². The highest BCUT2D eigenvalue weighted by molar-refractivity contribution is 9.10. The molecule has 1 aromatic heterocycles. The average Bonchev–Trinajstić information content (AvgIpc) is 2.62. The van der Waals surface area contributed by atoms with Gasteiger partial charge in [-0.1, -0.05) is 15.9 Å². The first-order valence-electron chi connectivity index (χ1n) is 8.68. The molecule has 0 aliphatic rings. The molecule has 0 saturated heterocycles. The van der Waals surface area contributed by atoms with Crippen LogP contribution >= 0.6 is 15.9 Å². The van der Waals surface area contributed by atoms with E-state index in [1.54, 1.807) is 19.9 Å². The number of hydrogen-bond donors (Lipinski definition) is 3. The second-order valence-corrected chi connectivity index (χ2v) is 7.37. The van der Waals surface area contributed by atoms with E-state index in [0.717, 1.165) is 15.6 Å². The maximum Gasteiger partial charge on any atom is 0.266 e. The number of anilines is 1. The Labute approximate surface area is 171 Å². The summed E-state index contributed by atoms with van der Waals surface area (Å²) < 4.78 is 0.920. The number of rotatable bonds is 6. The Kier molecular flexibility index (Phi) is 7.12. The molecule has 0 unspecified atom stereocenters. The van der Waals surface area contributed by atoms with Gasteiger partial charge in [-0.3, -0.25) is 14.4 Å². The Morgan fingerprint density at radius 2 is 1.93 bits per heavy atom. The van der Waals surface area contributed by atoms with Crippen LogP contribution in [0.1, 0.15) is 34.4 Å². The van der Waals surface area contributed by atoms with Crippen molar-refractivity contribution in [3.05, 3.63) is 61.0 Å². The van der Waals surface area contributed by atoms with Crippen LogP contribution in [-0.4, -0.2) is 23.3 Å². The van der Waals surface area contributed by atoms with Crippen LogP contribution in [-0.2, 0) is 16.0 Å². The van der Waals surface area contributed by atoms with Gasteiger partial charge >= 0.3 is 0 Å². The number of H-pyrrole nitrogens is 1.